The fraction of sp³-hybridized carbons (Fsp3) is 1.00. The summed E-state index contributed by atoms with van der Waals surface area (Å²) in [5.41, 5.74) is -0.128. The second-order valence-electron chi connectivity index (χ2n) is 6.24. The van der Waals surface area contributed by atoms with Crippen LogP contribution in [0.15, 0.2) is 0 Å². The molecule has 6 heteroatoms. The Morgan fingerprint density at radius 3 is 2.35 bits per heavy atom. The highest BCUT2D eigenvalue weighted by Crippen LogP contribution is 2.51. The van der Waals surface area contributed by atoms with Gasteiger partial charge in [-0.2, -0.15) is 13.5 Å². The molecule has 17 heavy (non-hydrogen) atoms. The summed E-state index contributed by atoms with van der Waals surface area (Å²) >= 11 is 0. The highest BCUT2D eigenvalue weighted by molar-refractivity contribution is 7.85. The van der Waals surface area contributed by atoms with Crippen LogP contribution in [0.2, 0.25) is 0 Å². The third-order valence-corrected chi connectivity index (χ3v) is 4.24. The largest absolute Gasteiger partial charge is 0.292 e. The van der Waals surface area contributed by atoms with E-state index in [-0.39, 0.29) is 29.7 Å². The van der Waals surface area contributed by atoms with Crippen molar-refractivity contribution in [2.45, 2.75) is 51.3 Å². The van der Waals surface area contributed by atoms with Gasteiger partial charge < -0.3 is 0 Å². The van der Waals surface area contributed by atoms with Gasteiger partial charge >= 0.3 is 0 Å². The molecule has 3 aliphatic rings. The van der Waals surface area contributed by atoms with Crippen LogP contribution in [0.4, 0.5) is 0 Å². The molecule has 0 saturated carbocycles. The molecule has 0 spiro atoms. The Kier molecular flexibility index (Phi) is 2.86. The summed E-state index contributed by atoms with van der Waals surface area (Å²) in [7, 11) is -3.37. The maximum Gasteiger partial charge on any atom is 0.264 e. The van der Waals surface area contributed by atoms with E-state index in [4.69, 9.17) is 9.02 Å². The van der Waals surface area contributed by atoms with Crippen LogP contribution < -0.4 is 0 Å². The van der Waals surface area contributed by atoms with Crippen molar-refractivity contribution >= 4 is 10.1 Å². The zero-order chi connectivity index (χ0) is 13.1. The highest BCUT2D eigenvalue weighted by atomic mass is 32.2. The van der Waals surface area contributed by atoms with E-state index in [1.54, 1.807) is 0 Å². The van der Waals surface area contributed by atoms with Crippen LogP contribution in [-0.2, 0) is 19.1 Å². The first-order valence-corrected chi connectivity index (χ1v) is 7.67. The van der Waals surface area contributed by atoms with E-state index >= 15 is 0 Å². The second kappa shape index (κ2) is 3.66. The van der Waals surface area contributed by atoms with Gasteiger partial charge in [0.05, 0.1) is 18.4 Å². The number of rotatable bonds is 3. The normalized spacial score (nSPS) is 38.5. The molecule has 3 fully saturated rings. The first-order chi connectivity index (χ1) is 7.54. The minimum absolute atomic E-state index is 0.0483. The van der Waals surface area contributed by atoms with Gasteiger partial charge in [0.2, 0.25) is 0 Å². The lowest BCUT2D eigenvalue weighted by atomic mass is 9.71. The smallest absolute Gasteiger partial charge is 0.264 e. The summed E-state index contributed by atoms with van der Waals surface area (Å²) in [4.78, 5) is 5.74. The van der Waals surface area contributed by atoms with Crippen LogP contribution in [-0.4, -0.2) is 43.5 Å². The summed E-state index contributed by atoms with van der Waals surface area (Å²) in [6.45, 7) is 8.67. The van der Waals surface area contributed by atoms with Crippen LogP contribution in [0.1, 0.15) is 34.1 Å². The summed E-state index contributed by atoms with van der Waals surface area (Å²) in [6, 6.07) is 0. The fourth-order valence-corrected chi connectivity index (χ4v) is 3.64. The maximum absolute atomic E-state index is 11.0. The monoisotopic (exact) mass is 263 g/mol. The molecule has 0 amide bonds. The molecule has 3 heterocycles. The summed E-state index contributed by atoms with van der Waals surface area (Å²) in [5.74, 6) is 0.125. The minimum Gasteiger partial charge on any atom is -0.292 e. The van der Waals surface area contributed by atoms with Crippen molar-refractivity contribution in [1.82, 2.24) is 5.06 Å². The number of hydrogen-bond acceptors (Lipinski definition) is 5. The number of piperidine rings is 1. The summed E-state index contributed by atoms with van der Waals surface area (Å²) in [5, 5.41) is 2.02. The lowest BCUT2D eigenvalue weighted by Crippen LogP contribution is -2.78. The molecular weight excluding hydrogens is 242 g/mol. The van der Waals surface area contributed by atoms with Crippen molar-refractivity contribution in [3.63, 3.8) is 0 Å². The van der Waals surface area contributed by atoms with Crippen molar-refractivity contribution in [2.75, 3.05) is 12.9 Å². The van der Waals surface area contributed by atoms with E-state index in [0.29, 0.717) is 0 Å². The lowest BCUT2D eigenvalue weighted by molar-refractivity contribution is -0.449. The molecule has 0 aromatic heterocycles. The van der Waals surface area contributed by atoms with E-state index in [1.165, 1.54) is 0 Å². The second-order valence-corrected chi connectivity index (χ2v) is 7.88. The van der Waals surface area contributed by atoms with Crippen molar-refractivity contribution in [2.24, 2.45) is 5.92 Å². The topological polar surface area (TPSA) is 55.8 Å². The molecule has 2 bridgehead atoms. The first kappa shape index (κ1) is 13.3. The number of nitrogens with zero attached hydrogens (tertiary/aromatic N) is 1. The van der Waals surface area contributed by atoms with E-state index in [9.17, 15) is 8.42 Å². The molecule has 0 N–H and O–H groups in total. The van der Waals surface area contributed by atoms with Gasteiger partial charge in [-0.3, -0.25) is 9.02 Å². The van der Waals surface area contributed by atoms with Gasteiger partial charge in [-0.25, -0.2) is 0 Å². The molecule has 0 radical (unpaired) electrons. The van der Waals surface area contributed by atoms with E-state index in [1.807, 2.05) is 5.06 Å². The van der Waals surface area contributed by atoms with Crippen LogP contribution >= 0.6 is 0 Å². The molecule has 3 atom stereocenters. The third kappa shape index (κ3) is 2.23. The van der Waals surface area contributed by atoms with E-state index < -0.39 is 10.1 Å². The quantitative estimate of drug-likeness (QED) is 0.715. The Balaban J connectivity index is 2.09. The average molecular weight is 263 g/mol. The Hall–Kier alpha value is -0.170. The molecule has 0 aromatic rings. The van der Waals surface area contributed by atoms with Crippen molar-refractivity contribution in [1.29, 1.82) is 0 Å². The van der Waals surface area contributed by atoms with Crippen LogP contribution in [0, 0.1) is 5.92 Å². The first-order valence-electron chi connectivity index (χ1n) is 5.85. The van der Waals surface area contributed by atoms with Gasteiger partial charge in [-0.05, 0) is 34.1 Å². The minimum atomic E-state index is -3.37. The average Bonchev–Trinajstić information content (AvgIpc) is 2.10. The number of fused-ring (bicyclic) bond motifs is 2. The van der Waals surface area contributed by atoms with Gasteiger partial charge in [0.15, 0.2) is 0 Å². The van der Waals surface area contributed by atoms with Crippen LogP contribution in [0.5, 0.6) is 0 Å². The zero-order valence-corrected chi connectivity index (χ0v) is 11.9. The SMILES string of the molecule is CC1(C)C[C@H](COS(C)(=O)=O)[C@H]2ON1C2(C)C. The number of hydroxylamine groups is 2. The Morgan fingerprint density at radius 1 is 1.35 bits per heavy atom. The third-order valence-electron chi connectivity index (χ3n) is 3.67. The van der Waals surface area contributed by atoms with Gasteiger partial charge in [0.1, 0.15) is 6.10 Å². The van der Waals surface area contributed by atoms with Crippen LogP contribution in [0.25, 0.3) is 0 Å². The highest BCUT2D eigenvalue weighted by Gasteiger charge is 2.62. The molecule has 3 saturated heterocycles. The van der Waals surface area contributed by atoms with Crippen LogP contribution in [0.3, 0.4) is 0 Å². The number of hydrogen-bond donors (Lipinski definition) is 0. The molecule has 100 valence electrons. The maximum atomic E-state index is 11.0. The lowest BCUT2D eigenvalue weighted by Gasteiger charge is -2.66. The zero-order valence-electron chi connectivity index (χ0n) is 11.1. The van der Waals surface area contributed by atoms with Gasteiger partial charge in [-0.15, -0.1) is 0 Å². The molecule has 5 nitrogen and oxygen atoms in total. The van der Waals surface area contributed by atoms with Gasteiger partial charge in [0.25, 0.3) is 10.1 Å². The molecule has 1 unspecified atom stereocenters. The molecule has 3 aliphatic heterocycles. The summed E-state index contributed by atoms with van der Waals surface area (Å²) in [6.07, 6.45) is 2.02. The summed E-state index contributed by atoms with van der Waals surface area (Å²) < 4.78 is 27.0. The Morgan fingerprint density at radius 2 is 1.94 bits per heavy atom. The predicted octanol–water partition coefficient (Wildman–Crippen LogP) is 1.16. The molecule has 0 aliphatic carbocycles. The van der Waals surface area contributed by atoms with Crippen molar-refractivity contribution < 1.29 is 17.4 Å². The predicted molar refractivity (Wildman–Crippen MR) is 63.8 cm³/mol. The standard InChI is InChI=1S/C11H21NO4S/c1-10(2)6-8(7-15-17(5,13)14)9-11(3,4)12(10)16-9/h8-9H,6-7H2,1-5H3/t8-,9-/m1/s1. The molecule has 3 rings (SSSR count). The van der Waals surface area contributed by atoms with E-state index in [2.05, 4.69) is 27.7 Å². The fourth-order valence-electron chi connectivity index (χ4n) is 3.22. The van der Waals surface area contributed by atoms with Crippen molar-refractivity contribution in [3.8, 4) is 0 Å². The van der Waals surface area contributed by atoms with Gasteiger partial charge in [-0.1, -0.05) is 0 Å². The molecule has 0 aromatic carbocycles. The van der Waals surface area contributed by atoms with Gasteiger partial charge in [0, 0.05) is 11.5 Å². The van der Waals surface area contributed by atoms with E-state index in [0.717, 1.165) is 12.7 Å². The Bertz CT molecular complexity index is 407. The van der Waals surface area contributed by atoms with Crippen molar-refractivity contribution in [3.05, 3.63) is 0 Å². The Labute approximate surface area is 103 Å². The molecular formula is C11H21NO4S.